The highest BCUT2D eigenvalue weighted by atomic mass is 16.5. The molecule has 2 aromatic carbocycles. The van der Waals surface area contributed by atoms with Crippen LogP contribution in [0.2, 0.25) is 0 Å². The number of methoxy groups -OCH3 is 2. The van der Waals surface area contributed by atoms with E-state index in [1.165, 1.54) is 20.3 Å². The Bertz CT molecular complexity index is 1010. The Hall–Kier alpha value is -3.52. The summed E-state index contributed by atoms with van der Waals surface area (Å²) in [5, 5.41) is 2.77. The summed E-state index contributed by atoms with van der Waals surface area (Å²) in [5.74, 6) is -0.105. The quantitative estimate of drug-likeness (QED) is 0.564. The van der Waals surface area contributed by atoms with Gasteiger partial charge in [0.05, 0.1) is 19.8 Å². The molecule has 1 heterocycles. The van der Waals surface area contributed by atoms with Crippen molar-refractivity contribution < 1.29 is 23.8 Å². The summed E-state index contributed by atoms with van der Waals surface area (Å²) < 4.78 is 15.9. The smallest absolute Gasteiger partial charge is 0.338 e. The van der Waals surface area contributed by atoms with Gasteiger partial charge in [-0.05, 0) is 49.9 Å². The number of anilines is 2. The van der Waals surface area contributed by atoms with E-state index in [4.69, 9.17) is 14.2 Å². The van der Waals surface area contributed by atoms with Crippen molar-refractivity contribution in [2.45, 2.75) is 13.8 Å². The first-order valence-corrected chi connectivity index (χ1v) is 11.4. The molecule has 1 aliphatic rings. The molecule has 0 radical (unpaired) electrons. The van der Waals surface area contributed by atoms with Gasteiger partial charge in [0.2, 0.25) is 0 Å². The maximum absolute atomic E-state index is 12.6. The van der Waals surface area contributed by atoms with Crippen LogP contribution in [-0.2, 0) is 9.53 Å². The number of ether oxygens (including phenoxy) is 3. The molecule has 0 aromatic heterocycles. The van der Waals surface area contributed by atoms with Gasteiger partial charge in [-0.3, -0.25) is 4.79 Å². The zero-order valence-electron chi connectivity index (χ0n) is 20.3. The number of carbonyl (C=O) groups excluding carboxylic acids is 2. The Morgan fingerprint density at radius 2 is 1.74 bits per heavy atom. The monoisotopic (exact) mass is 467 g/mol. The van der Waals surface area contributed by atoms with Crippen LogP contribution in [0.15, 0.2) is 42.5 Å². The molecule has 0 unspecified atom stereocenters. The predicted molar refractivity (Wildman–Crippen MR) is 134 cm³/mol. The van der Waals surface area contributed by atoms with Crippen LogP contribution in [0.4, 0.5) is 11.4 Å². The van der Waals surface area contributed by atoms with Crippen LogP contribution in [0.25, 0.3) is 6.08 Å². The van der Waals surface area contributed by atoms with Gasteiger partial charge in [-0.25, -0.2) is 4.79 Å². The number of likely N-dealkylation sites (N-methyl/N-ethyl adjacent to an activating group) is 1. The third-order valence-corrected chi connectivity index (χ3v) is 5.76. The molecule has 0 bridgehead atoms. The highest BCUT2D eigenvalue weighted by molar-refractivity contribution is 5.96. The van der Waals surface area contributed by atoms with E-state index >= 15 is 0 Å². The van der Waals surface area contributed by atoms with Crippen LogP contribution in [0.1, 0.15) is 29.8 Å². The van der Waals surface area contributed by atoms with Crippen molar-refractivity contribution in [2.24, 2.45) is 0 Å². The highest BCUT2D eigenvalue weighted by Crippen LogP contribution is 2.33. The Kier molecular flexibility index (Phi) is 8.93. The summed E-state index contributed by atoms with van der Waals surface area (Å²) in [6.45, 7) is 8.80. The van der Waals surface area contributed by atoms with Gasteiger partial charge in [0, 0.05) is 43.1 Å². The lowest BCUT2D eigenvalue weighted by atomic mass is 10.1. The first-order valence-electron chi connectivity index (χ1n) is 11.4. The second-order valence-electron chi connectivity index (χ2n) is 7.89. The number of piperazine rings is 1. The van der Waals surface area contributed by atoms with Crippen LogP contribution in [0.5, 0.6) is 11.5 Å². The fraction of sp³-hybridized carbons (Fsp3) is 0.385. The minimum atomic E-state index is -0.622. The molecule has 8 nitrogen and oxygen atoms in total. The van der Waals surface area contributed by atoms with Crippen molar-refractivity contribution in [1.82, 2.24) is 4.90 Å². The van der Waals surface area contributed by atoms with Crippen molar-refractivity contribution in [3.05, 3.63) is 53.6 Å². The van der Waals surface area contributed by atoms with E-state index in [1.807, 2.05) is 37.3 Å². The summed E-state index contributed by atoms with van der Waals surface area (Å²) >= 11 is 0. The van der Waals surface area contributed by atoms with Gasteiger partial charge >= 0.3 is 5.97 Å². The van der Waals surface area contributed by atoms with Gasteiger partial charge < -0.3 is 29.3 Å². The fourth-order valence-corrected chi connectivity index (χ4v) is 3.90. The number of amides is 1. The summed E-state index contributed by atoms with van der Waals surface area (Å²) in [6.07, 6.45) is 3.63. The fourth-order valence-electron chi connectivity index (χ4n) is 3.90. The van der Waals surface area contributed by atoms with E-state index in [2.05, 4.69) is 22.0 Å². The standard InChI is InChI=1S/C26H33N3O5/c1-5-7-19-16-20(17-23(32-3)25(19)33-4)26(31)34-18-24(30)27-21-8-10-22(11-9-21)29-14-12-28(6-2)13-15-29/h5,7-11,16-17H,6,12-15,18H2,1-4H3,(H,27,30)/b7-5+. The molecule has 0 spiro atoms. The topological polar surface area (TPSA) is 80.3 Å². The van der Waals surface area contributed by atoms with Gasteiger partial charge in [-0.1, -0.05) is 19.1 Å². The largest absolute Gasteiger partial charge is 0.493 e. The average Bonchev–Trinajstić information content (AvgIpc) is 2.87. The number of hydrogen-bond acceptors (Lipinski definition) is 7. The summed E-state index contributed by atoms with van der Waals surface area (Å²) in [6, 6.07) is 10.9. The van der Waals surface area contributed by atoms with Crippen LogP contribution < -0.4 is 19.7 Å². The molecule has 8 heteroatoms. The number of nitrogens with zero attached hydrogens (tertiary/aromatic N) is 2. The van der Waals surface area contributed by atoms with E-state index < -0.39 is 18.5 Å². The molecule has 34 heavy (non-hydrogen) atoms. The lowest BCUT2D eigenvalue weighted by molar-refractivity contribution is -0.119. The molecule has 2 aromatic rings. The van der Waals surface area contributed by atoms with E-state index in [-0.39, 0.29) is 5.56 Å². The highest BCUT2D eigenvalue weighted by Gasteiger charge is 2.18. The minimum absolute atomic E-state index is 0.270. The molecule has 1 aliphatic heterocycles. The Balaban J connectivity index is 1.56. The van der Waals surface area contributed by atoms with E-state index in [0.29, 0.717) is 22.7 Å². The normalized spacial score (nSPS) is 14.2. The Morgan fingerprint density at radius 1 is 1.03 bits per heavy atom. The number of carbonyl (C=O) groups is 2. The first-order chi connectivity index (χ1) is 16.5. The molecule has 0 atom stereocenters. The number of nitrogens with one attached hydrogen (secondary N) is 1. The molecule has 3 rings (SSSR count). The number of esters is 1. The molecule has 182 valence electrons. The minimum Gasteiger partial charge on any atom is -0.493 e. The van der Waals surface area contributed by atoms with E-state index in [9.17, 15) is 9.59 Å². The van der Waals surface area contributed by atoms with Crippen molar-refractivity contribution in [1.29, 1.82) is 0 Å². The SMILES string of the molecule is C/C=C/c1cc(C(=O)OCC(=O)Nc2ccc(N3CCN(CC)CC3)cc2)cc(OC)c1OC. The zero-order chi connectivity index (χ0) is 24.5. The zero-order valence-corrected chi connectivity index (χ0v) is 20.3. The van der Waals surface area contributed by atoms with Gasteiger partial charge in [-0.15, -0.1) is 0 Å². The molecular weight excluding hydrogens is 434 g/mol. The number of benzene rings is 2. The molecule has 1 fully saturated rings. The summed E-state index contributed by atoms with van der Waals surface area (Å²) in [4.78, 5) is 29.7. The van der Waals surface area contributed by atoms with Crippen molar-refractivity contribution in [3.8, 4) is 11.5 Å². The lowest BCUT2D eigenvalue weighted by Crippen LogP contribution is -2.46. The molecule has 0 saturated carbocycles. The van der Waals surface area contributed by atoms with Gasteiger partial charge in [0.1, 0.15) is 0 Å². The van der Waals surface area contributed by atoms with Crippen LogP contribution in [0.3, 0.4) is 0 Å². The van der Waals surface area contributed by atoms with E-state index in [0.717, 1.165) is 38.4 Å². The van der Waals surface area contributed by atoms with Crippen molar-refractivity contribution in [3.63, 3.8) is 0 Å². The third-order valence-electron chi connectivity index (χ3n) is 5.76. The Morgan fingerprint density at radius 3 is 2.32 bits per heavy atom. The van der Waals surface area contributed by atoms with Crippen molar-refractivity contribution in [2.75, 3.05) is 63.8 Å². The second kappa shape index (κ2) is 12.1. The van der Waals surface area contributed by atoms with Gasteiger partial charge in [0.25, 0.3) is 5.91 Å². The van der Waals surface area contributed by atoms with Crippen LogP contribution in [0, 0.1) is 0 Å². The van der Waals surface area contributed by atoms with E-state index in [1.54, 1.807) is 12.1 Å². The molecule has 0 aliphatic carbocycles. The average molecular weight is 468 g/mol. The number of rotatable bonds is 9. The molecular formula is C26H33N3O5. The van der Waals surface area contributed by atoms with Gasteiger partial charge in [-0.2, -0.15) is 0 Å². The van der Waals surface area contributed by atoms with Crippen molar-refractivity contribution >= 4 is 29.3 Å². The summed E-state index contributed by atoms with van der Waals surface area (Å²) in [5.41, 5.74) is 2.73. The van der Waals surface area contributed by atoms with Crippen LogP contribution in [-0.4, -0.2) is 70.3 Å². The molecule has 1 N–H and O–H groups in total. The predicted octanol–water partition coefficient (Wildman–Crippen LogP) is 3.67. The maximum atomic E-state index is 12.6. The summed E-state index contributed by atoms with van der Waals surface area (Å²) in [7, 11) is 3.03. The second-order valence-corrected chi connectivity index (χ2v) is 7.89. The Labute approximate surface area is 201 Å². The third kappa shape index (κ3) is 6.29. The van der Waals surface area contributed by atoms with Gasteiger partial charge in [0.15, 0.2) is 18.1 Å². The van der Waals surface area contributed by atoms with Crippen LogP contribution >= 0.6 is 0 Å². The molecule has 1 saturated heterocycles. The molecule has 1 amide bonds. The first kappa shape index (κ1) is 25.1. The lowest BCUT2D eigenvalue weighted by Gasteiger charge is -2.35. The number of allylic oxidation sites excluding steroid dienone is 1. The number of hydrogen-bond donors (Lipinski definition) is 1. The maximum Gasteiger partial charge on any atom is 0.338 e.